The molecule has 0 aromatic heterocycles. The molecule has 1 heterocycles. The predicted octanol–water partition coefficient (Wildman–Crippen LogP) is 8.56. The fraction of sp³-hybridized carbons (Fsp3) is 0.171. The molecule has 0 atom stereocenters. The summed E-state index contributed by atoms with van der Waals surface area (Å²) < 4.78 is 54.1. The summed E-state index contributed by atoms with van der Waals surface area (Å²) in [4.78, 5) is 32.4. The van der Waals surface area contributed by atoms with E-state index in [9.17, 15) is 22.8 Å². The van der Waals surface area contributed by atoms with E-state index in [0.29, 0.717) is 27.8 Å². The van der Waals surface area contributed by atoms with Crippen molar-refractivity contribution < 1.29 is 37.0 Å². The molecular weight excluding hydrogens is 667 g/mol. The Morgan fingerprint density at radius 3 is 2.35 bits per heavy atom. The van der Waals surface area contributed by atoms with Crippen LogP contribution in [-0.4, -0.2) is 36.2 Å². The third kappa shape index (κ3) is 8.50. The van der Waals surface area contributed by atoms with Crippen LogP contribution in [0.5, 0.6) is 17.2 Å². The van der Waals surface area contributed by atoms with Crippen LogP contribution in [0.25, 0.3) is 6.08 Å². The van der Waals surface area contributed by atoms with Crippen LogP contribution in [0.4, 0.5) is 24.5 Å². The number of nitrogens with one attached hydrogen (secondary N) is 1. The summed E-state index contributed by atoms with van der Waals surface area (Å²) in [6.45, 7) is 3.99. The summed E-state index contributed by atoms with van der Waals surface area (Å²) in [5, 5.41) is 3.34. The number of carbonyl (C=O) groups excluding carboxylic acids is 2. The number of aliphatic imine (C=N–C) groups is 1. The molecule has 0 spiro atoms. The summed E-state index contributed by atoms with van der Waals surface area (Å²) in [6, 6.07) is 23.1. The molecule has 48 heavy (non-hydrogen) atoms. The monoisotopic (exact) mass is 695 g/mol. The van der Waals surface area contributed by atoms with Crippen LogP contribution in [0.3, 0.4) is 0 Å². The lowest BCUT2D eigenvalue weighted by Crippen LogP contribution is -2.31. The predicted molar refractivity (Wildman–Crippen MR) is 182 cm³/mol. The van der Waals surface area contributed by atoms with Gasteiger partial charge in [0.1, 0.15) is 23.8 Å². The van der Waals surface area contributed by atoms with Crippen LogP contribution in [0.1, 0.15) is 22.3 Å². The summed E-state index contributed by atoms with van der Waals surface area (Å²) in [5.74, 6) is -0.599. The van der Waals surface area contributed by atoms with Crippen molar-refractivity contribution in [2.45, 2.75) is 26.8 Å². The molecule has 1 aliphatic heterocycles. The van der Waals surface area contributed by atoms with E-state index in [0.717, 1.165) is 34.5 Å². The molecule has 2 amide bonds. The number of hydrogen-bond acceptors (Lipinski definition) is 7. The van der Waals surface area contributed by atoms with Gasteiger partial charge in [0, 0.05) is 10.6 Å². The minimum atomic E-state index is -4.93. The number of halogens is 4. The molecule has 5 rings (SSSR count). The number of rotatable bonds is 10. The number of amidine groups is 1. The molecule has 0 aliphatic carbocycles. The number of nitrogens with zero attached hydrogens (tertiary/aromatic N) is 2. The van der Waals surface area contributed by atoms with Crippen molar-refractivity contribution >= 4 is 57.8 Å². The molecule has 1 aliphatic rings. The molecule has 4 aromatic rings. The zero-order chi connectivity index (χ0) is 34.4. The van der Waals surface area contributed by atoms with E-state index < -0.39 is 23.9 Å². The minimum Gasteiger partial charge on any atom is -0.496 e. The van der Waals surface area contributed by atoms with Gasteiger partial charge in [-0.2, -0.15) is 0 Å². The molecule has 0 radical (unpaired) electrons. The third-order valence-electron chi connectivity index (χ3n) is 6.98. The highest BCUT2D eigenvalue weighted by Crippen LogP contribution is 2.33. The highest BCUT2D eigenvalue weighted by atomic mass is 35.5. The maximum atomic E-state index is 13.7. The maximum Gasteiger partial charge on any atom is 0.573 e. The molecule has 0 fully saturated rings. The van der Waals surface area contributed by atoms with Crippen molar-refractivity contribution in [3.8, 4) is 17.2 Å². The van der Waals surface area contributed by atoms with Crippen LogP contribution >= 0.6 is 23.4 Å². The Balaban J connectivity index is 1.37. The minimum absolute atomic E-state index is 0.117. The van der Waals surface area contributed by atoms with E-state index >= 15 is 0 Å². The molecule has 4 aromatic carbocycles. The van der Waals surface area contributed by atoms with Crippen molar-refractivity contribution in [1.29, 1.82) is 0 Å². The first-order chi connectivity index (χ1) is 22.9. The summed E-state index contributed by atoms with van der Waals surface area (Å²) >= 11 is 7.26. The third-order valence-corrected chi connectivity index (χ3v) is 8.51. The number of carbonyl (C=O) groups is 2. The van der Waals surface area contributed by atoms with Crippen molar-refractivity contribution in [1.82, 2.24) is 0 Å². The average Bonchev–Trinajstić information content (AvgIpc) is 3.36. The number of hydrogen-bond donors (Lipinski definition) is 1. The van der Waals surface area contributed by atoms with Gasteiger partial charge in [-0.25, -0.2) is 4.99 Å². The quantitative estimate of drug-likeness (QED) is 0.167. The fourth-order valence-corrected chi connectivity index (χ4v) is 5.73. The number of amides is 2. The van der Waals surface area contributed by atoms with Gasteiger partial charge in [-0.1, -0.05) is 59.8 Å². The molecular formula is C35H29ClF3N3O5S. The van der Waals surface area contributed by atoms with Crippen molar-refractivity contribution in [3.63, 3.8) is 0 Å². The number of ether oxygens (including phenoxy) is 3. The highest BCUT2D eigenvalue weighted by molar-refractivity contribution is 8.14. The first-order valence-corrected chi connectivity index (χ1v) is 15.8. The SMILES string of the molecule is COc1ccc(C=C2N=C(SCC(=O)Nc3ccccc3OC(F)(F)F)N(c3ccccc3)C2=O)cc1COc1cc(C)c(Cl)c(C)c1. The molecule has 248 valence electrons. The van der Waals surface area contributed by atoms with Gasteiger partial charge in [-0.15, -0.1) is 13.2 Å². The number of alkyl halides is 3. The van der Waals surface area contributed by atoms with Gasteiger partial charge in [-0.3, -0.25) is 14.5 Å². The molecule has 0 saturated carbocycles. The van der Waals surface area contributed by atoms with Crippen LogP contribution in [-0.2, 0) is 16.2 Å². The van der Waals surface area contributed by atoms with Gasteiger partial charge in [0.2, 0.25) is 5.91 Å². The van der Waals surface area contributed by atoms with Crippen LogP contribution in [0.2, 0.25) is 5.02 Å². The van der Waals surface area contributed by atoms with Gasteiger partial charge in [0.25, 0.3) is 5.91 Å². The normalized spacial score (nSPS) is 13.8. The largest absolute Gasteiger partial charge is 0.573 e. The zero-order valence-electron chi connectivity index (χ0n) is 25.9. The smallest absolute Gasteiger partial charge is 0.496 e. The van der Waals surface area contributed by atoms with Gasteiger partial charge >= 0.3 is 6.36 Å². The standard InChI is InChI=1S/C35H29ClF3N3O5S/c1-21-15-26(16-22(2)32(21)36)46-19-24-17-23(13-14-29(24)45-3)18-28-33(44)42(25-9-5-4-6-10-25)34(41-28)48-20-31(43)40-27-11-7-8-12-30(27)47-35(37,38)39/h4-18H,19-20H2,1-3H3,(H,40,43). The van der Waals surface area contributed by atoms with Crippen LogP contribution in [0, 0.1) is 13.8 Å². The number of para-hydroxylation sites is 3. The molecule has 1 N–H and O–H groups in total. The second kappa shape index (κ2) is 14.9. The molecule has 8 nitrogen and oxygen atoms in total. The molecule has 0 unspecified atom stereocenters. The summed E-state index contributed by atoms with van der Waals surface area (Å²) in [6.07, 6.45) is -3.31. The van der Waals surface area contributed by atoms with Crippen LogP contribution in [0.15, 0.2) is 95.6 Å². The number of methoxy groups -OCH3 is 1. The Morgan fingerprint density at radius 1 is 0.979 bits per heavy atom. The van der Waals surface area contributed by atoms with Crippen LogP contribution < -0.4 is 24.4 Å². The van der Waals surface area contributed by atoms with Gasteiger partial charge < -0.3 is 19.5 Å². The van der Waals surface area contributed by atoms with E-state index in [-0.39, 0.29) is 28.9 Å². The van der Waals surface area contributed by atoms with Crippen molar-refractivity contribution in [2.24, 2.45) is 4.99 Å². The average molecular weight is 696 g/mol. The summed E-state index contributed by atoms with van der Waals surface area (Å²) in [5.41, 5.74) is 3.67. The lowest BCUT2D eigenvalue weighted by molar-refractivity contribution is -0.274. The second-order valence-electron chi connectivity index (χ2n) is 10.5. The Morgan fingerprint density at radius 2 is 1.67 bits per heavy atom. The van der Waals surface area contributed by atoms with Gasteiger partial charge in [-0.05, 0) is 85.1 Å². The first-order valence-electron chi connectivity index (χ1n) is 14.5. The topological polar surface area (TPSA) is 89.5 Å². The first kappa shape index (κ1) is 34.4. The second-order valence-corrected chi connectivity index (χ2v) is 11.8. The Kier molecular flexibility index (Phi) is 10.7. The van der Waals surface area contributed by atoms with Gasteiger partial charge in [0.15, 0.2) is 10.9 Å². The molecule has 13 heteroatoms. The number of anilines is 2. The van der Waals surface area contributed by atoms with E-state index in [1.165, 1.54) is 23.1 Å². The highest BCUT2D eigenvalue weighted by Gasteiger charge is 2.34. The molecule has 0 saturated heterocycles. The number of aryl methyl sites for hydroxylation is 2. The maximum absolute atomic E-state index is 13.7. The zero-order valence-corrected chi connectivity index (χ0v) is 27.5. The van der Waals surface area contributed by atoms with E-state index in [1.807, 2.05) is 32.0 Å². The fourth-order valence-electron chi connectivity index (χ4n) is 4.81. The van der Waals surface area contributed by atoms with E-state index in [2.05, 4.69) is 15.0 Å². The Labute approximate surface area is 284 Å². The Bertz CT molecular complexity index is 1880. The van der Waals surface area contributed by atoms with Gasteiger partial charge in [0.05, 0.1) is 24.2 Å². The number of benzene rings is 4. The number of thioether (sulfide) groups is 1. The molecule has 0 bridgehead atoms. The van der Waals surface area contributed by atoms with E-state index in [4.69, 9.17) is 21.1 Å². The van der Waals surface area contributed by atoms with E-state index in [1.54, 1.807) is 55.7 Å². The lowest BCUT2D eigenvalue weighted by Gasteiger charge is -2.18. The van der Waals surface area contributed by atoms with Crippen molar-refractivity contribution in [2.75, 3.05) is 23.1 Å². The van der Waals surface area contributed by atoms with Crippen molar-refractivity contribution in [3.05, 3.63) is 118 Å². The Hall–Kier alpha value is -4.94. The summed E-state index contributed by atoms with van der Waals surface area (Å²) in [7, 11) is 1.55. The lowest BCUT2D eigenvalue weighted by atomic mass is 10.1.